The third-order valence-corrected chi connectivity index (χ3v) is 2.89. The van der Waals surface area contributed by atoms with Crippen LogP contribution in [0.2, 0.25) is 0 Å². The van der Waals surface area contributed by atoms with E-state index >= 15 is 0 Å². The molecule has 1 aromatic carbocycles. The Kier molecular flexibility index (Phi) is 10.7. The van der Waals surface area contributed by atoms with Gasteiger partial charge in [-0.05, 0) is 11.3 Å². The van der Waals surface area contributed by atoms with Gasteiger partial charge in [0, 0.05) is 12.2 Å². The maximum Gasteiger partial charge on any atom is 0.0826 e. The molecule has 17 heavy (non-hydrogen) atoms. The first-order chi connectivity index (χ1) is 8.20. The molecule has 0 saturated carbocycles. The highest BCUT2D eigenvalue weighted by Gasteiger charge is 1.91. The maximum atomic E-state index is 9.01. The van der Waals surface area contributed by atoms with Crippen LogP contribution in [-0.2, 0) is 10.5 Å². The van der Waals surface area contributed by atoms with E-state index in [-0.39, 0.29) is 0 Å². The van der Waals surface area contributed by atoms with Crippen LogP contribution in [0, 0.1) is 0 Å². The van der Waals surface area contributed by atoms with Crippen molar-refractivity contribution >= 4 is 17.7 Å². The van der Waals surface area contributed by atoms with Crippen LogP contribution in [0.25, 0.3) is 0 Å². The third kappa shape index (κ3) is 11.2. The number of thioether (sulfide) groups is 1. The highest BCUT2D eigenvalue weighted by molar-refractivity contribution is 7.98. The summed E-state index contributed by atoms with van der Waals surface area (Å²) in [6, 6.07) is 10.6. The predicted molar refractivity (Wildman–Crippen MR) is 67.1 cm³/mol. The number of carbonyl (C=O) groups is 1. The van der Waals surface area contributed by atoms with Gasteiger partial charge in [-0.2, -0.15) is 11.8 Å². The molecule has 0 radical (unpaired) electrons. The molecule has 4 N–H and O–H groups in total. The van der Waals surface area contributed by atoms with Crippen molar-refractivity contribution in [2.75, 3.05) is 18.9 Å². The Hall–Kier alpha value is -1.04. The van der Waals surface area contributed by atoms with Gasteiger partial charge in [-0.3, -0.25) is 0 Å². The normalized spacial score (nSPS) is 9.29. The van der Waals surface area contributed by atoms with E-state index in [0.29, 0.717) is 0 Å². The van der Waals surface area contributed by atoms with E-state index < -0.39 is 12.6 Å². The highest BCUT2D eigenvalue weighted by Crippen LogP contribution is 2.11. The number of aliphatic hydroxyl groups is 1. The van der Waals surface area contributed by atoms with E-state index in [1.165, 1.54) is 17.7 Å². The Morgan fingerprint density at radius 1 is 1.35 bits per heavy atom. The second-order valence-corrected chi connectivity index (χ2v) is 4.38. The minimum Gasteiger partial charge on any atom is -0.548 e. The molecule has 0 aliphatic carbocycles. The number of carbonyl (C=O) groups excluding carboxylic acids is 1. The molecule has 96 valence electrons. The maximum absolute atomic E-state index is 9.01. The number of carboxylic acids is 1. The van der Waals surface area contributed by atoms with E-state index in [9.17, 15) is 0 Å². The Bertz CT molecular complexity index is 293. The molecule has 0 amide bonds. The zero-order chi connectivity index (χ0) is 12.9. The summed E-state index contributed by atoms with van der Waals surface area (Å²) in [4.78, 5) is 9.01. The molecule has 1 rings (SSSR count). The van der Waals surface area contributed by atoms with E-state index in [0.717, 1.165) is 12.3 Å². The SMILES string of the molecule is O=C([O-])CO.[NH3+]CCCSCc1ccccc1. The molecule has 0 fully saturated rings. The lowest BCUT2D eigenvalue weighted by atomic mass is 10.2. The number of aliphatic hydroxyl groups excluding tert-OH is 1. The Morgan fingerprint density at radius 3 is 2.41 bits per heavy atom. The van der Waals surface area contributed by atoms with Gasteiger partial charge in [0.15, 0.2) is 0 Å². The lowest BCUT2D eigenvalue weighted by molar-refractivity contribution is -0.367. The number of carboxylic acid groups (broad SMARTS) is 1. The van der Waals surface area contributed by atoms with Crippen LogP contribution >= 0.6 is 11.8 Å². The Balaban J connectivity index is 0.000000437. The lowest BCUT2D eigenvalue weighted by Crippen LogP contribution is -2.50. The number of hydrogen-bond donors (Lipinski definition) is 2. The summed E-state index contributed by atoms with van der Waals surface area (Å²) in [6.07, 6.45) is 1.23. The molecule has 0 unspecified atom stereocenters. The van der Waals surface area contributed by atoms with Gasteiger partial charge in [0.2, 0.25) is 0 Å². The number of quaternary nitrogens is 1. The zero-order valence-electron chi connectivity index (χ0n) is 9.80. The van der Waals surface area contributed by atoms with Gasteiger partial charge < -0.3 is 20.7 Å². The molecule has 0 aliphatic rings. The van der Waals surface area contributed by atoms with Gasteiger partial charge in [0.25, 0.3) is 0 Å². The van der Waals surface area contributed by atoms with Crippen molar-refractivity contribution < 1.29 is 20.7 Å². The molecule has 0 saturated heterocycles. The molecule has 0 aliphatic heterocycles. The van der Waals surface area contributed by atoms with Crippen molar-refractivity contribution in [1.29, 1.82) is 0 Å². The third-order valence-electron chi connectivity index (χ3n) is 1.78. The number of rotatable bonds is 6. The molecule has 0 spiro atoms. The first-order valence-corrected chi connectivity index (χ1v) is 6.57. The van der Waals surface area contributed by atoms with Crippen molar-refractivity contribution in [2.45, 2.75) is 12.2 Å². The molecule has 0 heterocycles. The van der Waals surface area contributed by atoms with Crippen LogP contribution in [0.1, 0.15) is 12.0 Å². The first-order valence-electron chi connectivity index (χ1n) is 5.42. The van der Waals surface area contributed by atoms with Gasteiger partial charge in [0.05, 0.1) is 19.1 Å². The average Bonchev–Trinajstić information content (AvgIpc) is 2.37. The number of hydrogen-bond acceptors (Lipinski definition) is 4. The topological polar surface area (TPSA) is 88.0 Å². The van der Waals surface area contributed by atoms with Crippen LogP contribution in [0.4, 0.5) is 0 Å². The summed E-state index contributed by atoms with van der Waals surface area (Å²) >= 11 is 1.99. The highest BCUT2D eigenvalue weighted by atomic mass is 32.2. The summed E-state index contributed by atoms with van der Waals surface area (Å²) in [5, 5.41) is 16.5. The fourth-order valence-electron chi connectivity index (χ4n) is 0.968. The molecule has 0 bridgehead atoms. The van der Waals surface area contributed by atoms with Crippen LogP contribution in [0.5, 0.6) is 0 Å². The summed E-state index contributed by atoms with van der Waals surface area (Å²) in [6.45, 7) is 0.168. The fraction of sp³-hybridized carbons (Fsp3) is 0.417. The molecule has 4 nitrogen and oxygen atoms in total. The van der Waals surface area contributed by atoms with Gasteiger partial charge in [-0.25, -0.2) is 0 Å². The molecule has 0 aromatic heterocycles. The smallest absolute Gasteiger partial charge is 0.0826 e. The lowest BCUT2D eigenvalue weighted by Gasteiger charge is -1.99. The van der Waals surface area contributed by atoms with Crippen molar-refractivity contribution in [3.05, 3.63) is 35.9 Å². The van der Waals surface area contributed by atoms with Crippen molar-refractivity contribution in [3.8, 4) is 0 Å². The first kappa shape index (κ1) is 16.0. The minimum absolute atomic E-state index is 0.889. The van der Waals surface area contributed by atoms with Crippen molar-refractivity contribution in [3.63, 3.8) is 0 Å². The molecular weight excluding hydrogens is 238 g/mol. The Labute approximate surface area is 106 Å². The number of benzene rings is 1. The average molecular weight is 257 g/mol. The Morgan fingerprint density at radius 2 is 1.94 bits per heavy atom. The van der Waals surface area contributed by atoms with Crippen LogP contribution in [-0.4, -0.2) is 30.0 Å². The quantitative estimate of drug-likeness (QED) is 0.658. The van der Waals surface area contributed by atoms with Crippen LogP contribution in [0.3, 0.4) is 0 Å². The molecule has 1 aromatic rings. The van der Waals surface area contributed by atoms with Crippen molar-refractivity contribution in [2.24, 2.45) is 0 Å². The van der Waals surface area contributed by atoms with E-state index in [4.69, 9.17) is 15.0 Å². The monoisotopic (exact) mass is 257 g/mol. The van der Waals surface area contributed by atoms with Crippen LogP contribution < -0.4 is 10.8 Å². The number of aliphatic carboxylic acids is 1. The van der Waals surface area contributed by atoms with Gasteiger partial charge in [0.1, 0.15) is 0 Å². The second-order valence-electron chi connectivity index (χ2n) is 3.28. The molecule has 5 heteroatoms. The van der Waals surface area contributed by atoms with E-state index in [1.807, 2.05) is 11.8 Å². The van der Waals surface area contributed by atoms with E-state index in [2.05, 4.69) is 36.1 Å². The standard InChI is InChI=1S/C10H15NS.C2H4O3/c11-7-4-8-12-9-10-5-2-1-3-6-10;3-1-2(4)5/h1-3,5-6H,4,7-9,11H2;3H,1H2,(H,4,5). The summed E-state index contributed by atoms with van der Waals surface area (Å²) < 4.78 is 0. The molecular formula is C12H19NO3S. The zero-order valence-corrected chi connectivity index (χ0v) is 10.6. The van der Waals surface area contributed by atoms with Gasteiger partial charge in [-0.1, -0.05) is 30.3 Å². The molecule has 0 atom stereocenters. The van der Waals surface area contributed by atoms with Gasteiger partial charge in [-0.15, -0.1) is 0 Å². The summed E-state index contributed by atoms with van der Waals surface area (Å²) in [5.41, 5.74) is 5.24. The summed E-state index contributed by atoms with van der Waals surface area (Å²) in [5.74, 6) is 0.934. The fourth-order valence-corrected chi connectivity index (χ4v) is 1.95. The van der Waals surface area contributed by atoms with Crippen LogP contribution in [0.15, 0.2) is 30.3 Å². The van der Waals surface area contributed by atoms with Gasteiger partial charge >= 0.3 is 0 Å². The second kappa shape index (κ2) is 11.4. The van der Waals surface area contributed by atoms with Crippen molar-refractivity contribution in [1.82, 2.24) is 0 Å². The summed E-state index contributed by atoms with van der Waals surface area (Å²) in [7, 11) is 0. The van der Waals surface area contributed by atoms with E-state index in [1.54, 1.807) is 0 Å². The largest absolute Gasteiger partial charge is 0.548 e. The minimum atomic E-state index is -1.44. The predicted octanol–water partition coefficient (Wildman–Crippen LogP) is -0.720.